The fraction of sp³-hybridized carbons (Fsp3) is 0.389. The minimum atomic E-state index is -1.02. The molecule has 2 heterocycles. The van der Waals surface area contributed by atoms with Crippen LogP contribution in [0, 0.1) is 5.92 Å². The molecule has 0 spiro atoms. The van der Waals surface area contributed by atoms with E-state index in [9.17, 15) is 14.7 Å². The van der Waals surface area contributed by atoms with Gasteiger partial charge in [-0.05, 0) is 30.5 Å². The second-order valence-electron chi connectivity index (χ2n) is 6.48. The first kappa shape index (κ1) is 18.2. The Labute approximate surface area is 155 Å². The predicted molar refractivity (Wildman–Crippen MR) is 96.4 cm³/mol. The third kappa shape index (κ3) is 4.32. The van der Waals surface area contributed by atoms with Crippen LogP contribution in [0.25, 0.3) is 10.6 Å². The van der Waals surface area contributed by atoms with Crippen molar-refractivity contribution in [3.63, 3.8) is 0 Å². The molecule has 0 saturated carbocycles. The van der Waals surface area contributed by atoms with Gasteiger partial charge in [0.2, 0.25) is 12.7 Å². The van der Waals surface area contributed by atoms with E-state index in [2.05, 4.69) is 10.3 Å². The summed E-state index contributed by atoms with van der Waals surface area (Å²) in [5.74, 6) is 0.185. The summed E-state index contributed by atoms with van der Waals surface area (Å²) in [6, 6.07) is 4.69. The Hall–Kier alpha value is -2.61. The Morgan fingerprint density at radius 1 is 1.31 bits per heavy atom. The number of aromatic nitrogens is 1. The first-order valence-electron chi connectivity index (χ1n) is 8.29. The maximum atomic E-state index is 12.2. The third-order valence-corrected chi connectivity index (χ3v) is 4.79. The van der Waals surface area contributed by atoms with Crippen LogP contribution in [0.3, 0.4) is 0 Å². The van der Waals surface area contributed by atoms with Gasteiger partial charge in [0, 0.05) is 10.9 Å². The first-order chi connectivity index (χ1) is 12.4. The van der Waals surface area contributed by atoms with Crippen LogP contribution >= 0.6 is 11.3 Å². The summed E-state index contributed by atoms with van der Waals surface area (Å²) in [7, 11) is 0. The molecule has 0 bridgehead atoms. The molecular weight excluding hydrogens is 356 g/mol. The zero-order valence-electron chi connectivity index (χ0n) is 14.5. The highest BCUT2D eigenvalue weighted by Gasteiger charge is 2.22. The van der Waals surface area contributed by atoms with Gasteiger partial charge in [0.1, 0.15) is 11.0 Å². The summed E-state index contributed by atoms with van der Waals surface area (Å²) in [5.41, 5.74) is 1.49. The molecule has 1 amide bonds. The molecule has 0 radical (unpaired) electrons. The zero-order valence-corrected chi connectivity index (χ0v) is 15.3. The van der Waals surface area contributed by atoms with E-state index < -0.39 is 12.0 Å². The van der Waals surface area contributed by atoms with Crippen molar-refractivity contribution in [1.29, 1.82) is 0 Å². The number of nitrogens with zero attached hydrogens (tertiary/aromatic N) is 1. The van der Waals surface area contributed by atoms with Crippen LogP contribution in [0.4, 0.5) is 0 Å². The van der Waals surface area contributed by atoms with Crippen LogP contribution in [0.5, 0.6) is 11.5 Å². The molecule has 138 valence electrons. The van der Waals surface area contributed by atoms with Crippen LogP contribution in [0.2, 0.25) is 0 Å². The summed E-state index contributed by atoms with van der Waals surface area (Å²) in [6.07, 6.45) is 0.434. The molecule has 1 aliphatic heterocycles. The lowest BCUT2D eigenvalue weighted by Crippen LogP contribution is -2.42. The lowest BCUT2D eigenvalue weighted by Gasteiger charge is -2.16. The van der Waals surface area contributed by atoms with Gasteiger partial charge >= 0.3 is 5.97 Å². The Morgan fingerprint density at radius 3 is 2.81 bits per heavy atom. The smallest absolute Gasteiger partial charge is 0.326 e. The number of hydrogen-bond donors (Lipinski definition) is 2. The Balaban J connectivity index is 1.64. The van der Waals surface area contributed by atoms with Crippen molar-refractivity contribution in [2.75, 3.05) is 6.79 Å². The number of carboxylic acids is 1. The standard InChI is InChI=1S/C18H20N2O5S/c1-10(2)5-13(18(22)23)20-16(21)7-12-8-26-17(19-12)11-3-4-14-15(6-11)25-9-24-14/h3-4,6,8,10,13H,5,7,9H2,1-2H3,(H,20,21)(H,22,23)/t13-/m1/s1. The summed E-state index contributed by atoms with van der Waals surface area (Å²) in [5, 5.41) is 14.4. The number of carboxylic acid groups (broad SMARTS) is 1. The quantitative estimate of drug-likeness (QED) is 0.771. The molecule has 0 aliphatic carbocycles. The highest BCUT2D eigenvalue weighted by Crippen LogP contribution is 2.36. The van der Waals surface area contributed by atoms with Crippen LogP contribution in [-0.4, -0.2) is 34.8 Å². The number of amides is 1. The summed E-state index contributed by atoms with van der Waals surface area (Å²) >= 11 is 1.42. The van der Waals surface area contributed by atoms with Gasteiger partial charge in [0.15, 0.2) is 11.5 Å². The summed E-state index contributed by atoms with van der Waals surface area (Å²) in [4.78, 5) is 27.9. The van der Waals surface area contributed by atoms with Crippen LogP contribution in [-0.2, 0) is 16.0 Å². The summed E-state index contributed by atoms with van der Waals surface area (Å²) in [6.45, 7) is 4.05. The summed E-state index contributed by atoms with van der Waals surface area (Å²) < 4.78 is 10.7. The molecule has 1 aromatic carbocycles. The Kier molecular flexibility index (Phi) is 5.41. The molecule has 1 aliphatic rings. The lowest BCUT2D eigenvalue weighted by atomic mass is 10.0. The second kappa shape index (κ2) is 7.74. The molecule has 8 heteroatoms. The van der Waals surface area contributed by atoms with E-state index in [0.29, 0.717) is 23.6 Å². The predicted octanol–water partition coefficient (Wildman–Crippen LogP) is 2.70. The molecule has 0 fully saturated rings. The molecule has 2 N–H and O–H groups in total. The molecule has 1 aromatic heterocycles. The zero-order chi connectivity index (χ0) is 18.7. The molecule has 0 saturated heterocycles. The minimum absolute atomic E-state index is 0.0446. The van der Waals surface area contributed by atoms with Crippen LogP contribution in [0.1, 0.15) is 26.0 Å². The largest absolute Gasteiger partial charge is 0.480 e. The molecule has 2 aromatic rings. The molecule has 3 rings (SSSR count). The number of hydrogen-bond acceptors (Lipinski definition) is 6. The number of benzene rings is 1. The van der Waals surface area contributed by atoms with Crippen molar-refractivity contribution in [1.82, 2.24) is 10.3 Å². The minimum Gasteiger partial charge on any atom is -0.480 e. The molecule has 1 atom stereocenters. The van der Waals surface area contributed by atoms with Crippen molar-refractivity contribution in [2.24, 2.45) is 5.92 Å². The lowest BCUT2D eigenvalue weighted by molar-refractivity contribution is -0.142. The number of nitrogens with one attached hydrogen (secondary N) is 1. The number of rotatable bonds is 7. The molecule has 26 heavy (non-hydrogen) atoms. The highest BCUT2D eigenvalue weighted by atomic mass is 32.1. The van der Waals surface area contributed by atoms with Gasteiger partial charge in [-0.15, -0.1) is 11.3 Å². The first-order valence-corrected chi connectivity index (χ1v) is 9.17. The Bertz CT molecular complexity index is 818. The van der Waals surface area contributed by atoms with E-state index in [4.69, 9.17) is 9.47 Å². The van der Waals surface area contributed by atoms with Crippen LogP contribution in [0.15, 0.2) is 23.6 Å². The fourth-order valence-electron chi connectivity index (χ4n) is 2.65. The number of carbonyl (C=O) groups excluding carboxylic acids is 1. The van der Waals surface area contributed by atoms with E-state index in [1.807, 2.05) is 32.0 Å². The van der Waals surface area contributed by atoms with E-state index >= 15 is 0 Å². The number of thiazole rings is 1. The van der Waals surface area contributed by atoms with Crippen molar-refractivity contribution in [3.05, 3.63) is 29.3 Å². The van der Waals surface area contributed by atoms with Crippen molar-refractivity contribution >= 4 is 23.2 Å². The number of aliphatic carboxylic acids is 1. The molecule has 0 unspecified atom stereocenters. The number of fused-ring (bicyclic) bond motifs is 1. The van der Waals surface area contributed by atoms with Gasteiger partial charge < -0.3 is 19.9 Å². The van der Waals surface area contributed by atoms with Crippen molar-refractivity contribution < 1.29 is 24.2 Å². The SMILES string of the molecule is CC(C)C[C@@H](NC(=O)Cc1csc(-c2ccc3c(c2)OCO3)n1)C(=O)O. The van der Waals surface area contributed by atoms with Gasteiger partial charge in [-0.25, -0.2) is 9.78 Å². The number of ether oxygens (including phenoxy) is 2. The van der Waals surface area contributed by atoms with E-state index in [1.165, 1.54) is 11.3 Å². The Morgan fingerprint density at radius 2 is 2.08 bits per heavy atom. The molecular formula is C18H20N2O5S. The monoisotopic (exact) mass is 376 g/mol. The van der Waals surface area contributed by atoms with E-state index in [0.717, 1.165) is 10.6 Å². The second-order valence-corrected chi connectivity index (χ2v) is 7.33. The van der Waals surface area contributed by atoms with Gasteiger partial charge in [0.05, 0.1) is 12.1 Å². The van der Waals surface area contributed by atoms with Gasteiger partial charge in [-0.2, -0.15) is 0 Å². The fourth-order valence-corrected chi connectivity index (χ4v) is 3.47. The van der Waals surface area contributed by atoms with Crippen molar-refractivity contribution in [3.8, 4) is 22.1 Å². The average Bonchev–Trinajstić information content (AvgIpc) is 3.21. The third-order valence-electron chi connectivity index (χ3n) is 3.85. The van der Waals surface area contributed by atoms with Crippen molar-refractivity contribution in [2.45, 2.75) is 32.7 Å². The van der Waals surface area contributed by atoms with E-state index in [-0.39, 0.29) is 25.0 Å². The maximum Gasteiger partial charge on any atom is 0.326 e. The maximum absolute atomic E-state index is 12.2. The van der Waals surface area contributed by atoms with Gasteiger partial charge in [0.25, 0.3) is 0 Å². The van der Waals surface area contributed by atoms with Crippen LogP contribution < -0.4 is 14.8 Å². The molecule has 7 nitrogen and oxygen atoms in total. The normalized spacial score (nSPS) is 13.7. The topological polar surface area (TPSA) is 97.8 Å². The van der Waals surface area contributed by atoms with Gasteiger partial charge in [-0.1, -0.05) is 13.8 Å². The van der Waals surface area contributed by atoms with Gasteiger partial charge in [-0.3, -0.25) is 4.79 Å². The number of carbonyl (C=O) groups is 2. The average molecular weight is 376 g/mol. The highest BCUT2D eigenvalue weighted by molar-refractivity contribution is 7.13. The van der Waals surface area contributed by atoms with E-state index in [1.54, 1.807) is 5.38 Å².